The summed E-state index contributed by atoms with van der Waals surface area (Å²) in [5, 5.41) is 15.2. The van der Waals surface area contributed by atoms with Gasteiger partial charge in [-0.15, -0.1) is 0 Å². The molecule has 0 saturated carbocycles. The molecule has 1 aromatic rings. The molecular formula is C27H43N3O7. The van der Waals surface area contributed by atoms with Gasteiger partial charge in [0.2, 0.25) is 11.8 Å². The maximum atomic E-state index is 13.8. The van der Waals surface area contributed by atoms with Crippen LogP contribution >= 0.6 is 0 Å². The highest BCUT2D eigenvalue weighted by Crippen LogP contribution is 2.26. The zero-order valence-corrected chi connectivity index (χ0v) is 23.3. The molecule has 1 rings (SSSR count). The minimum Gasteiger partial charge on any atom is -0.466 e. The van der Waals surface area contributed by atoms with E-state index in [1.54, 1.807) is 53.7 Å². The maximum absolute atomic E-state index is 13.8. The Morgan fingerprint density at radius 3 is 2.14 bits per heavy atom. The first kappa shape index (κ1) is 31.9. The Hall–Kier alpha value is -3.14. The van der Waals surface area contributed by atoms with Crippen molar-refractivity contribution in [1.29, 1.82) is 0 Å². The van der Waals surface area contributed by atoms with Crippen molar-refractivity contribution >= 4 is 23.9 Å². The molecule has 0 aliphatic rings. The van der Waals surface area contributed by atoms with E-state index < -0.39 is 48.2 Å². The van der Waals surface area contributed by atoms with E-state index in [0.717, 1.165) is 11.1 Å². The van der Waals surface area contributed by atoms with E-state index in [-0.39, 0.29) is 32.0 Å². The zero-order valence-electron chi connectivity index (χ0n) is 23.3. The Morgan fingerprint density at radius 1 is 1.05 bits per heavy atom. The lowest BCUT2D eigenvalue weighted by molar-refractivity contribution is -0.145. The third-order valence-electron chi connectivity index (χ3n) is 5.28. The number of esters is 1. The number of alkyl carbamates (subject to hydrolysis) is 1. The molecule has 0 saturated heterocycles. The molecule has 10 heteroatoms. The average molecular weight is 522 g/mol. The van der Waals surface area contributed by atoms with Gasteiger partial charge in [0, 0.05) is 13.1 Å². The first-order valence-electron chi connectivity index (χ1n) is 12.6. The number of nitrogens with zero attached hydrogens (tertiary/aromatic N) is 1. The van der Waals surface area contributed by atoms with Crippen LogP contribution in [0.15, 0.2) is 18.2 Å². The van der Waals surface area contributed by atoms with Gasteiger partial charge in [-0.25, -0.2) is 4.79 Å². The van der Waals surface area contributed by atoms with Gasteiger partial charge < -0.3 is 30.1 Å². The number of aryl methyl sites for hydroxylation is 2. The zero-order chi connectivity index (χ0) is 28.3. The van der Waals surface area contributed by atoms with Gasteiger partial charge in [-0.3, -0.25) is 14.4 Å². The summed E-state index contributed by atoms with van der Waals surface area (Å²) in [5.41, 5.74) is 1.57. The lowest BCUT2D eigenvalue weighted by Gasteiger charge is -2.35. The molecule has 2 atom stereocenters. The van der Waals surface area contributed by atoms with E-state index in [0.29, 0.717) is 5.56 Å². The number of aliphatic hydroxyl groups excluding tert-OH is 1. The largest absolute Gasteiger partial charge is 0.466 e. The van der Waals surface area contributed by atoms with Gasteiger partial charge in [0.05, 0.1) is 19.6 Å². The van der Waals surface area contributed by atoms with Gasteiger partial charge >= 0.3 is 12.1 Å². The topological polar surface area (TPSA) is 134 Å². The smallest absolute Gasteiger partial charge is 0.408 e. The molecule has 0 aliphatic heterocycles. The normalized spacial score (nSPS) is 12.9. The van der Waals surface area contributed by atoms with E-state index in [1.165, 1.54) is 4.90 Å². The molecule has 1 aromatic carbocycles. The van der Waals surface area contributed by atoms with Crippen molar-refractivity contribution in [3.05, 3.63) is 34.9 Å². The summed E-state index contributed by atoms with van der Waals surface area (Å²) in [6, 6.07) is 3.42. The summed E-state index contributed by atoms with van der Waals surface area (Å²) in [6.07, 6.45) is -0.785. The standard InChI is InChI=1S/C27H43N3O7/c1-9-36-21(32)10-11-28-24(33)23(20-15-18(4)14-19(5)16-20)30(12-13-31)25(34)22(17(2)3)29-26(35)37-27(6,7)8/h14-17,22-23,31H,9-13H2,1-8H3,(H,28,33)(H,29,35). The number of ether oxygens (including phenoxy) is 2. The highest BCUT2D eigenvalue weighted by Gasteiger charge is 2.37. The molecule has 0 spiro atoms. The van der Waals surface area contributed by atoms with Crippen LogP contribution in [0, 0.1) is 19.8 Å². The van der Waals surface area contributed by atoms with Crippen LogP contribution in [0.4, 0.5) is 4.79 Å². The summed E-state index contributed by atoms with van der Waals surface area (Å²) in [5.74, 6) is -1.85. The molecule has 3 N–H and O–H groups in total. The molecule has 0 bridgehead atoms. The number of nitrogens with one attached hydrogen (secondary N) is 2. The average Bonchev–Trinajstić information content (AvgIpc) is 2.75. The van der Waals surface area contributed by atoms with Gasteiger partial charge in [-0.2, -0.15) is 0 Å². The molecule has 0 aliphatic carbocycles. The number of rotatable bonds is 12. The quantitative estimate of drug-likeness (QED) is 0.360. The number of aliphatic hydroxyl groups is 1. The van der Waals surface area contributed by atoms with Gasteiger partial charge in [0.25, 0.3) is 0 Å². The molecule has 0 fully saturated rings. The van der Waals surface area contributed by atoms with Gasteiger partial charge in [-0.05, 0) is 53.0 Å². The molecule has 0 radical (unpaired) electrons. The number of hydrogen-bond donors (Lipinski definition) is 3. The predicted octanol–water partition coefficient (Wildman–Crippen LogP) is 2.78. The summed E-state index contributed by atoms with van der Waals surface area (Å²) in [6.45, 7) is 13.8. The number of carbonyl (C=O) groups excluding carboxylic acids is 4. The number of hydrogen-bond acceptors (Lipinski definition) is 7. The SMILES string of the molecule is CCOC(=O)CCNC(=O)C(c1cc(C)cc(C)c1)N(CCO)C(=O)C(NC(=O)OC(C)(C)C)C(C)C. The van der Waals surface area contributed by atoms with Crippen molar-refractivity contribution in [2.45, 2.75) is 79.5 Å². The molecule has 208 valence electrons. The Labute approximate surface area is 220 Å². The Morgan fingerprint density at radius 2 is 1.65 bits per heavy atom. The van der Waals surface area contributed by atoms with Crippen LogP contribution in [0.25, 0.3) is 0 Å². The summed E-state index contributed by atoms with van der Waals surface area (Å²) >= 11 is 0. The van der Waals surface area contributed by atoms with Gasteiger partial charge in [0.1, 0.15) is 17.7 Å². The van der Waals surface area contributed by atoms with E-state index in [2.05, 4.69) is 10.6 Å². The second-order valence-electron chi connectivity index (χ2n) is 10.3. The maximum Gasteiger partial charge on any atom is 0.408 e. The lowest BCUT2D eigenvalue weighted by atomic mass is 9.96. The first-order chi connectivity index (χ1) is 17.2. The van der Waals surface area contributed by atoms with Crippen molar-refractivity contribution in [2.24, 2.45) is 5.92 Å². The number of benzene rings is 1. The van der Waals surface area contributed by atoms with Crippen molar-refractivity contribution in [3.63, 3.8) is 0 Å². The molecule has 0 aromatic heterocycles. The van der Waals surface area contributed by atoms with Crippen molar-refractivity contribution in [1.82, 2.24) is 15.5 Å². The second kappa shape index (κ2) is 14.6. The van der Waals surface area contributed by atoms with Crippen molar-refractivity contribution in [2.75, 3.05) is 26.3 Å². The molecule has 10 nitrogen and oxygen atoms in total. The van der Waals surface area contributed by atoms with E-state index in [9.17, 15) is 24.3 Å². The Bertz CT molecular complexity index is 920. The highest BCUT2D eigenvalue weighted by molar-refractivity contribution is 5.92. The lowest BCUT2D eigenvalue weighted by Crippen LogP contribution is -2.55. The van der Waals surface area contributed by atoms with Crippen LogP contribution in [0.3, 0.4) is 0 Å². The van der Waals surface area contributed by atoms with Crippen LogP contribution < -0.4 is 10.6 Å². The second-order valence-corrected chi connectivity index (χ2v) is 10.3. The van der Waals surface area contributed by atoms with Crippen LogP contribution in [-0.4, -0.2) is 71.8 Å². The molecule has 0 heterocycles. The fraction of sp³-hybridized carbons (Fsp3) is 0.630. The van der Waals surface area contributed by atoms with E-state index in [1.807, 2.05) is 19.9 Å². The van der Waals surface area contributed by atoms with Crippen LogP contribution in [0.5, 0.6) is 0 Å². The van der Waals surface area contributed by atoms with Crippen molar-refractivity contribution in [3.8, 4) is 0 Å². The minimum absolute atomic E-state index is 0.0177. The summed E-state index contributed by atoms with van der Waals surface area (Å²) in [4.78, 5) is 52.8. The first-order valence-corrected chi connectivity index (χ1v) is 12.6. The fourth-order valence-corrected chi connectivity index (χ4v) is 3.86. The van der Waals surface area contributed by atoms with Crippen LogP contribution in [0.1, 0.15) is 70.7 Å². The van der Waals surface area contributed by atoms with Crippen molar-refractivity contribution < 1.29 is 33.8 Å². The van der Waals surface area contributed by atoms with Gasteiger partial charge in [-0.1, -0.05) is 43.2 Å². The number of amides is 3. The Balaban J connectivity index is 3.39. The summed E-state index contributed by atoms with van der Waals surface area (Å²) in [7, 11) is 0. The molecular weight excluding hydrogens is 478 g/mol. The predicted molar refractivity (Wildman–Crippen MR) is 140 cm³/mol. The van der Waals surface area contributed by atoms with Gasteiger partial charge in [0.15, 0.2) is 0 Å². The third kappa shape index (κ3) is 10.8. The number of carbonyl (C=O) groups is 4. The molecule has 2 unspecified atom stereocenters. The summed E-state index contributed by atoms with van der Waals surface area (Å²) < 4.78 is 10.2. The monoisotopic (exact) mass is 521 g/mol. The highest BCUT2D eigenvalue weighted by atomic mass is 16.6. The van der Waals surface area contributed by atoms with E-state index >= 15 is 0 Å². The fourth-order valence-electron chi connectivity index (χ4n) is 3.86. The third-order valence-corrected chi connectivity index (χ3v) is 5.28. The minimum atomic E-state index is -1.11. The molecule has 37 heavy (non-hydrogen) atoms. The Kier molecular flexibility index (Phi) is 12.6. The van der Waals surface area contributed by atoms with Crippen LogP contribution in [0.2, 0.25) is 0 Å². The van der Waals surface area contributed by atoms with Crippen LogP contribution in [-0.2, 0) is 23.9 Å². The van der Waals surface area contributed by atoms with E-state index in [4.69, 9.17) is 9.47 Å². The molecule has 3 amide bonds.